The zero-order chi connectivity index (χ0) is 38.1. The average Bonchev–Trinajstić information content (AvgIpc) is 3.16. The van der Waals surface area contributed by atoms with Gasteiger partial charge >= 0.3 is 0 Å². The Hall–Kier alpha value is -7.70. The van der Waals surface area contributed by atoms with Gasteiger partial charge in [-0.1, -0.05) is 36.1 Å². The Morgan fingerprint density at radius 3 is 0.865 bits per heavy atom. The van der Waals surface area contributed by atoms with Gasteiger partial charge in [0.2, 0.25) is 22.2 Å². The summed E-state index contributed by atoms with van der Waals surface area (Å²) in [7, 11) is 2.00. The highest BCUT2D eigenvalue weighted by atomic mass is 16.2. The van der Waals surface area contributed by atoms with Crippen LogP contribution in [0.1, 0.15) is 33.9 Å². The third-order valence-electron chi connectivity index (χ3n) is 5.71. The van der Waals surface area contributed by atoms with Gasteiger partial charge < -0.3 is 40.1 Å². The molecule has 6 aromatic heterocycles. The molecule has 14 heteroatoms. The van der Waals surface area contributed by atoms with Crippen LogP contribution in [0.4, 0.5) is 0 Å². The topological polar surface area (TPSA) is 238 Å². The summed E-state index contributed by atoms with van der Waals surface area (Å²) in [5.41, 5.74) is 1.40. The summed E-state index contributed by atoms with van der Waals surface area (Å²) in [5.74, 6) is 16.3. The van der Waals surface area contributed by atoms with Crippen LogP contribution in [0.3, 0.4) is 0 Å². The normalized spacial score (nSPS) is 8.77. The van der Waals surface area contributed by atoms with Crippen molar-refractivity contribution in [2.45, 2.75) is 0 Å². The molecule has 0 fully saturated rings. The van der Waals surface area contributed by atoms with Crippen molar-refractivity contribution in [2.75, 3.05) is 14.2 Å². The van der Waals surface area contributed by atoms with Crippen molar-refractivity contribution < 1.29 is 10.2 Å². The predicted octanol–water partition coefficient (Wildman–Crippen LogP) is 0.606. The van der Waals surface area contributed by atoms with E-state index in [1.54, 1.807) is 72.8 Å². The lowest BCUT2D eigenvalue weighted by molar-refractivity contribution is 0.399. The van der Waals surface area contributed by atoms with Crippen LogP contribution in [-0.2, 0) is 0 Å². The second-order valence-electron chi connectivity index (χ2n) is 9.29. The number of nitrogens with one attached hydrogen (secondary N) is 6. The third-order valence-corrected chi connectivity index (χ3v) is 5.71. The largest absolute Gasteiger partial charge is 0.400 e. The van der Waals surface area contributed by atoms with E-state index in [1.807, 2.05) is 0 Å². The summed E-state index contributed by atoms with van der Waals surface area (Å²) in [4.78, 5) is 81.8. The Kier molecular flexibility index (Phi) is 17.7. The highest BCUT2D eigenvalue weighted by Gasteiger charge is 1.94. The van der Waals surface area contributed by atoms with Crippen LogP contribution in [0, 0.1) is 35.5 Å². The highest BCUT2D eigenvalue weighted by molar-refractivity contribution is 5.40. The van der Waals surface area contributed by atoms with Crippen LogP contribution >= 0.6 is 0 Å². The van der Waals surface area contributed by atoms with E-state index >= 15 is 0 Å². The Morgan fingerprint density at radius 1 is 0.365 bits per heavy atom. The molecular formula is C38H32N6O8. The lowest BCUT2D eigenvalue weighted by atomic mass is 10.2. The Labute approximate surface area is 295 Å². The molecular weight excluding hydrogens is 668 g/mol. The third kappa shape index (κ3) is 15.0. The number of aromatic nitrogens is 6. The van der Waals surface area contributed by atoms with Gasteiger partial charge in [0.15, 0.2) is 0 Å². The van der Waals surface area contributed by atoms with Gasteiger partial charge in [0.05, 0.1) is 33.9 Å². The molecule has 0 atom stereocenters. The van der Waals surface area contributed by atoms with Gasteiger partial charge in [0, 0.05) is 50.9 Å². The maximum Gasteiger partial charge on any atom is 0.263 e. The highest BCUT2D eigenvalue weighted by Crippen LogP contribution is 1.92. The minimum atomic E-state index is -0.262. The molecule has 14 nitrogen and oxygen atoms in total. The molecule has 0 amide bonds. The first kappa shape index (κ1) is 40.5. The molecule has 0 aliphatic rings. The van der Waals surface area contributed by atoms with Crippen LogP contribution in [0.15, 0.2) is 138 Å². The molecule has 0 unspecified atom stereocenters. The average molecular weight is 701 g/mol. The summed E-state index contributed by atoms with van der Waals surface area (Å²) in [6.07, 6.45) is 3.06. The Balaban J connectivity index is 0.000000257. The SMILES string of the molecule is CO.CO.O=c1[nH]cccc1C#Cc1ccc[nH]c1=O.O=c1cccc(C#Cc2cccc(=O)[nH]2)[nH]1.O=c1cccc(C#Cc2cccc(=O)[nH]2)[nH]1. The van der Waals surface area contributed by atoms with Crippen molar-refractivity contribution in [1.29, 1.82) is 0 Å². The van der Waals surface area contributed by atoms with Crippen molar-refractivity contribution in [1.82, 2.24) is 29.9 Å². The van der Waals surface area contributed by atoms with E-state index in [2.05, 4.69) is 65.4 Å². The van der Waals surface area contributed by atoms with Gasteiger partial charge in [-0.2, -0.15) is 0 Å². The molecule has 52 heavy (non-hydrogen) atoms. The monoisotopic (exact) mass is 700 g/mol. The number of hydrogen-bond acceptors (Lipinski definition) is 8. The van der Waals surface area contributed by atoms with Crippen LogP contribution in [0.5, 0.6) is 0 Å². The number of hydrogen-bond donors (Lipinski definition) is 8. The molecule has 0 radical (unpaired) electrons. The number of aliphatic hydroxyl groups is 2. The maximum absolute atomic E-state index is 11.3. The van der Waals surface area contributed by atoms with Crippen LogP contribution in [-0.4, -0.2) is 54.3 Å². The van der Waals surface area contributed by atoms with Crippen molar-refractivity contribution >= 4 is 0 Å². The van der Waals surface area contributed by atoms with E-state index < -0.39 is 0 Å². The van der Waals surface area contributed by atoms with Gasteiger partial charge in [0.25, 0.3) is 11.1 Å². The molecule has 0 saturated carbocycles. The fourth-order valence-electron chi connectivity index (χ4n) is 3.53. The lowest BCUT2D eigenvalue weighted by Crippen LogP contribution is -2.09. The molecule has 0 bridgehead atoms. The smallest absolute Gasteiger partial charge is 0.263 e. The lowest BCUT2D eigenvalue weighted by Gasteiger charge is -1.89. The van der Waals surface area contributed by atoms with Crippen molar-refractivity contribution in [2.24, 2.45) is 0 Å². The molecule has 262 valence electrons. The van der Waals surface area contributed by atoms with Crippen LogP contribution in [0.2, 0.25) is 0 Å². The number of aliphatic hydroxyl groups excluding tert-OH is 2. The van der Waals surface area contributed by atoms with Crippen molar-refractivity contribution in [3.8, 4) is 35.5 Å². The molecule has 6 heterocycles. The van der Waals surface area contributed by atoms with Crippen LogP contribution in [0.25, 0.3) is 0 Å². The minimum absolute atomic E-state index is 0.201. The molecule has 6 rings (SSSR count). The second-order valence-corrected chi connectivity index (χ2v) is 9.29. The number of aromatic amines is 6. The van der Waals surface area contributed by atoms with Gasteiger partial charge in [-0.25, -0.2) is 0 Å². The van der Waals surface area contributed by atoms with Crippen molar-refractivity contribution in [3.05, 3.63) is 205 Å². The first-order chi connectivity index (χ1) is 25.2. The molecule has 0 spiro atoms. The van der Waals surface area contributed by atoms with E-state index in [0.29, 0.717) is 33.9 Å². The molecule has 0 aromatic carbocycles. The number of rotatable bonds is 0. The van der Waals surface area contributed by atoms with Gasteiger partial charge in [-0.3, -0.25) is 28.8 Å². The molecule has 0 aliphatic heterocycles. The molecule has 6 aromatic rings. The number of pyridine rings is 6. The van der Waals surface area contributed by atoms with Crippen molar-refractivity contribution in [3.63, 3.8) is 0 Å². The van der Waals surface area contributed by atoms with E-state index in [0.717, 1.165) is 14.2 Å². The first-order valence-electron chi connectivity index (χ1n) is 14.8. The molecule has 8 N–H and O–H groups in total. The predicted molar refractivity (Wildman–Crippen MR) is 197 cm³/mol. The zero-order valence-corrected chi connectivity index (χ0v) is 27.7. The first-order valence-corrected chi connectivity index (χ1v) is 14.8. The summed E-state index contributed by atoms with van der Waals surface area (Å²) in [5, 5.41) is 14.0. The second kappa shape index (κ2) is 22.8. The summed E-state index contributed by atoms with van der Waals surface area (Å²) in [6.45, 7) is 0. The van der Waals surface area contributed by atoms with Gasteiger partial charge in [-0.05, 0) is 72.2 Å². The summed E-state index contributed by atoms with van der Waals surface area (Å²) in [6, 6.07) is 25.5. The summed E-state index contributed by atoms with van der Waals surface area (Å²) < 4.78 is 0. The number of H-pyrrole nitrogens is 6. The molecule has 0 saturated heterocycles. The van der Waals surface area contributed by atoms with E-state index in [1.165, 1.54) is 36.7 Å². The van der Waals surface area contributed by atoms with Gasteiger partial charge in [-0.15, -0.1) is 0 Å². The molecule has 0 aliphatic carbocycles. The minimum Gasteiger partial charge on any atom is -0.400 e. The standard InChI is InChI=1S/3C12H8N2O2.2CH4O/c15-11-9(3-1-7-13-11)5-6-10-4-2-8-14-12(10)16;2*15-11-5-1-3-9(13-11)7-8-10-4-2-6-12(16)14-10;2*1-2/h1-4,7-8H,(H,13,15)(H,14,16);2*1-6H,(H,13,15)(H,14,16);2*2H,1H3. The Morgan fingerprint density at radius 2 is 0.635 bits per heavy atom. The van der Waals surface area contributed by atoms with Gasteiger partial charge in [0.1, 0.15) is 0 Å². The van der Waals surface area contributed by atoms with E-state index in [-0.39, 0.29) is 33.4 Å². The zero-order valence-electron chi connectivity index (χ0n) is 27.7. The Bertz CT molecular complexity index is 2300. The van der Waals surface area contributed by atoms with Crippen LogP contribution < -0.4 is 33.4 Å². The van der Waals surface area contributed by atoms with E-state index in [9.17, 15) is 28.8 Å². The summed E-state index contributed by atoms with van der Waals surface area (Å²) >= 11 is 0. The van der Waals surface area contributed by atoms with E-state index in [4.69, 9.17) is 10.2 Å². The fraction of sp³-hybridized carbons (Fsp3) is 0.0526. The maximum atomic E-state index is 11.3. The quantitative estimate of drug-likeness (QED) is 0.104. The fourth-order valence-corrected chi connectivity index (χ4v) is 3.53.